The molecule has 0 atom stereocenters. The molecule has 5 rings (SSSR count). The molecular weight excluding hydrogens is 551 g/mol. The Morgan fingerprint density at radius 1 is 0.909 bits per heavy atom. The predicted molar refractivity (Wildman–Crippen MR) is 143 cm³/mol. The van der Waals surface area contributed by atoms with Crippen LogP contribution in [0, 0.1) is 0 Å². The Balaban J connectivity index is 0.00000128. The van der Waals surface area contributed by atoms with Crippen molar-refractivity contribution in [1.82, 2.24) is 19.9 Å². The summed E-state index contributed by atoms with van der Waals surface area (Å²) < 4.78 is 6.41. The van der Waals surface area contributed by atoms with Crippen molar-refractivity contribution in [3.8, 4) is 22.5 Å². The number of benzene rings is 1. The van der Waals surface area contributed by atoms with Crippen LogP contribution in [-0.2, 0) is 4.74 Å². The van der Waals surface area contributed by atoms with E-state index in [1.54, 1.807) is 0 Å². The lowest BCUT2D eigenvalue weighted by atomic mass is 10.0. The van der Waals surface area contributed by atoms with Gasteiger partial charge in [0.2, 0.25) is 0 Å². The van der Waals surface area contributed by atoms with Crippen LogP contribution in [0.15, 0.2) is 59.5 Å². The Hall–Kier alpha value is -2.23. The fourth-order valence-corrected chi connectivity index (χ4v) is 4.05. The molecule has 0 radical (unpaired) electrons. The Morgan fingerprint density at radius 3 is 2.39 bits per heavy atom. The van der Waals surface area contributed by atoms with Crippen molar-refractivity contribution in [2.24, 2.45) is 0 Å². The second-order valence-electron chi connectivity index (χ2n) is 7.02. The van der Waals surface area contributed by atoms with Crippen molar-refractivity contribution in [3.63, 3.8) is 0 Å². The van der Waals surface area contributed by atoms with Crippen LogP contribution in [-0.4, -0.2) is 46.2 Å². The summed E-state index contributed by atoms with van der Waals surface area (Å²) in [6.07, 6.45) is 3.33. The third-order valence-electron chi connectivity index (χ3n) is 5.16. The minimum atomic E-state index is 0. The molecule has 0 bridgehead atoms. The first-order valence-electron chi connectivity index (χ1n) is 9.65. The minimum Gasteiger partial charge on any atom is -0.383 e. The Kier molecular flexibility index (Phi) is 9.63. The largest absolute Gasteiger partial charge is 0.383 e. The number of hydrogen-bond acceptors (Lipinski definition) is 7. The van der Waals surface area contributed by atoms with Gasteiger partial charge in [0.15, 0.2) is 5.65 Å². The first-order chi connectivity index (χ1) is 14.7. The molecule has 1 fully saturated rings. The number of halogens is 4. The molecule has 0 aliphatic carbocycles. The first kappa shape index (κ1) is 27.0. The number of aromatic nitrogens is 4. The Labute approximate surface area is 218 Å². The molecule has 4 heterocycles. The van der Waals surface area contributed by atoms with Gasteiger partial charge in [-0.1, -0.05) is 28.1 Å². The quantitative estimate of drug-likeness (QED) is 0.361. The van der Waals surface area contributed by atoms with Gasteiger partial charge in [-0.05, 0) is 41.5 Å². The van der Waals surface area contributed by atoms with E-state index in [0.29, 0.717) is 11.5 Å². The van der Waals surface area contributed by atoms with E-state index in [0.717, 1.165) is 64.4 Å². The van der Waals surface area contributed by atoms with Crippen molar-refractivity contribution >= 4 is 75.7 Å². The van der Waals surface area contributed by atoms with E-state index in [2.05, 4.69) is 41.8 Å². The van der Waals surface area contributed by atoms with Gasteiger partial charge in [-0.3, -0.25) is 4.98 Å². The molecule has 1 aliphatic heterocycles. The van der Waals surface area contributed by atoms with Crippen LogP contribution in [0.5, 0.6) is 0 Å². The molecule has 11 heteroatoms. The van der Waals surface area contributed by atoms with Gasteiger partial charge in [-0.15, -0.1) is 37.2 Å². The molecule has 0 unspecified atom stereocenters. The molecule has 4 aromatic rings. The van der Waals surface area contributed by atoms with Gasteiger partial charge in [0.1, 0.15) is 12.1 Å². The number of anilines is 2. The summed E-state index contributed by atoms with van der Waals surface area (Å²) in [6.45, 7) is 3.23. The topological polar surface area (TPSA) is 90.0 Å². The van der Waals surface area contributed by atoms with Gasteiger partial charge < -0.3 is 15.4 Å². The number of ether oxygens (including phenoxy) is 1. The van der Waals surface area contributed by atoms with E-state index in [9.17, 15) is 0 Å². The summed E-state index contributed by atoms with van der Waals surface area (Å²) in [4.78, 5) is 20.2. The second-order valence-corrected chi connectivity index (χ2v) is 7.94. The molecule has 0 saturated carbocycles. The van der Waals surface area contributed by atoms with E-state index >= 15 is 0 Å². The number of fused-ring (bicyclic) bond motifs is 1. The maximum absolute atomic E-state index is 6.19. The van der Waals surface area contributed by atoms with Crippen LogP contribution in [0.25, 0.3) is 33.5 Å². The molecule has 1 saturated heterocycles. The molecule has 2 N–H and O–H groups in total. The van der Waals surface area contributed by atoms with Gasteiger partial charge in [-0.2, -0.15) is 0 Å². The van der Waals surface area contributed by atoms with E-state index in [4.69, 9.17) is 15.5 Å². The lowest BCUT2D eigenvalue weighted by Gasteiger charge is -2.28. The highest BCUT2D eigenvalue weighted by atomic mass is 79.9. The van der Waals surface area contributed by atoms with E-state index < -0.39 is 0 Å². The highest BCUT2D eigenvalue weighted by Crippen LogP contribution is 2.34. The van der Waals surface area contributed by atoms with Crippen LogP contribution in [0.1, 0.15) is 0 Å². The van der Waals surface area contributed by atoms with Gasteiger partial charge in [-0.25, -0.2) is 15.0 Å². The minimum absolute atomic E-state index is 0. The fourth-order valence-electron chi connectivity index (χ4n) is 3.65. The summed E-state index contributed by atoms with van der Waals surface area (Å²) in [5, 5.41) is 0.740. The Morgan fingerprint density at radius 2 is 1.70 bits per heavy atom. The fraction of sp³-hybridized carbons (Fsp3) is 0.182. The predicted octanol–water partition coefficient (Wildman–Crippen LogP) is 5.20. The van der Waals surface area contributed by atoms with Gasteiger partial charge in [0.25, 0.3) is 0 Å². The highest BCUT2D eigenvalue weighted by molar-refractivity contribution is 9.10. The van der Waals surface area contributed by atoms with Crippen molar-refractivity contribution < 1.29 is 4.74 Å². The zero-order valence-corrected chi connectivity index (χ0v) is 21.4. The summed E-state index contributed by atoms with van der Waals surface area (Å²) in [5.41, 5.74) is 11.3. The molecule has 0 spiro atoms. The average molecular weight is 573 g/mol. The zero-order chi connectivity index (χ0) is 20.5. The maximum atomic E-state index is 6.19. The van der Waals surface area contributed by atoms with Gasteiger partial charge in [0, 0.05) is 17.6 Å². The van der Waals surface area contributed by atoms with Crippen molar-refractivity contribution in [2.45, 2.75) is 0 Å². The summed E-state index contributed by atoms with van der Waals surface area (Å²) in [6, 6.07) is 14.1. The maximum Gasteiger partial charge on any atom is 0.165 e. The SMILES string of the molecule is Cl.Cl.Cl.Nc1ncnc2nc(-c3ccc(N4CCOCC4)cn3)cc(-c3cccc(Br)c3)c12. The number of morpholine rings is 1. The average Bonchev–Trinajstić information content (AvgIpc) is 2.79. The highest BCUT2D eigenvalue weighted by Gasteiger charge is 2.16. The number of rotatable bonds is 3. The van der Waals surface area contributed by atoms with Crippen molar-refractivity contribution in [2.75, 3.05) is 36.9 Å². The molecule has 3 aromatic heterocycles. The second kappa shape index (κ2) is 11.8. The first-order valence-corrected chi connectivity index (χ1v) is 10.4. The zero-order valence-electron chi connectivity index (χ0n) is 17.3. The number of nitrogens with zero attached hydrogens (tertiary/aromatic N) is 5. The van der Waals surface area contributed by atoms with E-state index in [1.165, 1.54) is 6.33 Å². The third-order valence-corrected chi connectivity index (χ3v) is 5.65. The summed E-state index contributed by atoms with van der Waals surface area (Å²) in [7, 11) is 0. The standard InChI is InChI=1S/C22H19BrN6O.3ClH/c23-15-3-1-2-14(10-15)17-11-19(28-22-20(17)21(24)26-13-27-22)18-5-4-16(12-25-18)29-6-8-30-9-7-29;;;/h1-5,10-13H,6-9H2,(H2,24,26,27,28);3*1H. The van der Waals surface area contributed by atoms with Gasteiger partial charge >= 0.3 is 0 Å². The van der Waals surface area contributed by atoms with Crippen LogP contribution in [0.2, 0.25) is 0 Å². The molecule has 33 heavy (non-hydrogen) atoms. The van der Waals surface area contributed by atoms with Crippen molar-refractivity contribution in [3.05, 3.63) is 59.5 Å². The molecular formula is C22H22BrCl3N6O. The molecule has 0 amide bonds. The number of hydrogen-bond donors (Lipinski definition) is 1. The van der Waals surface area contributed by atoms with Crippen LogP contribution >= 0.6 is 53.2 Å². The molecule has 1 aliphatic rings. The number of pyridine rings is 2. The van der Waals surface area contributed by atoms with Crippen LogP contribution < -0.4 is 10.6 Å². The number of nitrogen functional groups attached to an aromatic ring is 1. The lowest BCUT2D eigenvalue weighted by Crippen LogP contribution is -2.36. The third kappa shape index (κ3) is 5.65. The van der Waals surface area contributed by atoms with Crippen molar-refractivity contribution in [1.29, 1.82) is 0 Å². The number of nitrogens with two attached hydrogens (primary N) is 1. The lowest BCUT2D eigenvalue weighted by molar-refractivity contribution is 0.122. The monoisotopic (exact) mass is 570 g/mol. The Bertz CT molecular complexity index is 1220. The summed E-state index contributed by atoms with van der Waals surface area (Å²) >= 11 is 3.55. The van der Waals surface area contributed by atoms with E-state index in [1.807, 2.05) is 42.6 Å². The summed E-state index contributed by atoms with van der Waals surface area (Å²) in [5.74, 6) is 0.407. The molecule has 1 aromatic carbocycles. The molecule has 7 nitrogen and oxygen atoms in total. The normalized spacial score (nSPS) is 12.9. The van der Waals surface area contributed by atoms with E-state index in [-0.39, 0.29) is 37.2 Å². The molecule has 174 valence electrons. The van der Waals surface area contributed by atoms with Crippen LogP contribution in [0.3, 0.4) is 0 Å². The van der Waals surface area contributed by atoms with Crippen LogP contribution in [0.4, 0.5) is 11.5 Å². The van der Waals surface area contributed by atoms with Gasteiger partial charge in [0.05, 0.1) is 41.9 Å². The smallest absolute Gasteiger partial charge is 0.165 e.